The standard InChI is InChI=1S/C18H39N/c1-4-7-10-12-13-16-18(15-9-6-3)19-17-14-11-8-5-2/h18-19H,4-17H2,1-3H3. The summed E-state index contributed by atoms with van der Waals surface area (Å²) in [5.74, 6) is 0. The summed E-state index contributed by atoms with van der Waals surface area (Å²) < 4.78 is 0. The van der Waals surface area contributed by atoms with Crippen molar-refractivity contribution in [2.24, 2.45) is 0 Å². The third kappa shape index (κ3) is 14.2. The van der Waals surface area contributed by atoms with Gasteiger partial charge in [0.15, 0.2) is 0 Å². The van der Waals surface area contributed by atoms with E-state index in [-0.39, 0.29) is 0 Å². The molecule has 19 heavy (non-hydrogen) atoms. The van der Waals surface area contributed by atoms with Crippen LogP contribution in [-0.2, 0) is 0 Å². The third-order valence-corrected chi connectivity index (χ3v) is 4.03. The van der Waals surface area contributed by atoms with Crippen LogP contribution in [0.3, 0.4) is 0 Å². The first kappa shape index (κ1) is 19.0. The fourth-order valence-electron chi connectivity index (χ4n) is 2.65. The van der Waals surface area contributed by atoms with Crippen molar-refractivity contribution in [2.75, 3.05) is 6.54 Å². The van der Waals surface area contributed by atoms with E-state index in [4.69, 9.17) is 0 Å². The van der Waals surface area contributed by atoms with E-state index < -0.39 is 0 Å². The highest BCUT2D eigenvalue weighted by atomic mass is 14.9. The Bertz CT molecular complexity index is 142. The van der Waals surface area contributed by atoms with Gasteiger partial charge in [0.05, 0.1) is 0 Å². The summed E-state index contributed by atoms with van der Waals surface area (Å²) >= 11 is 0. The zero-order valence-corrected chi connectivity index (χ0v) is 14.0. The summed E-state index contributed by atoms with van der Waals surface area (Å²) in [6.45, 7) is 8.12. The molecule has 0 heterocycles. The second-order valence-corrected chi connectivity index (χ2v) is 6.06. The molecule has 0 saturated heterocycles. The summed E-state index contributed by atoms with van der Waals surface area (Å²) in [7, 11) is 0. The summed E-state index contributed by atoms with van der Waals surface area (Å²) in [4.78, 5) is 0. The molecule has 0 radical (unpaired) electrons. The number of hydrogen-bond donors (Lipinski definition) is 1. The van der Waals surface area contributed by atoms with Gasteiger partial charge in [0.1, 0.15) is 0 Å². The van der Waals surface area contributed by atoms with E-state index in [9.17, 15) is 0 Å². The molecule has 0 aliphatic rings. The predicted molar refractivity (Wildman–Crippen MR) is 88.8 cm³/mol. The first-order valence-electron chi connectivity index (χ1n) is 9.08. The van der Waals surface area contributed by atoms with E-state index in [1.807, 2.05) is 0 Å². The Morgan fingerprint density at radius 2 is 1.11 bits per heavy atom. The Hall–Kier alpha value is -0.0400. The molecule has 0 aromatic rings. The van der Waals surface area contributed by atoms with Crippen LogP contribution in [0.1, 0.15) is 104 Å². The van der Waals surface area contributed by atoms with Crippen molar-refractivity contribution in [3.05, 3.63) is 0 Å². The fraction of sp³-hybridized carbons (Fsp3) is 1.00. The quantitative estimate of drug-likeness (QED) is 0.355. The zero-order valence-electron chi connectivity index (χ0n) is 14.0. The van der Waals surface area contributed by atoms with Gasteiger partial charge in [0, 0.05) is 6.04 Å². The molecule has 1 N–H and O–H groups in total. The van der Waals surface area contributed by atoms with E-state index >= 15 is 0 Å². The molecule has 0 aliphatic carbocycles. The van der Waals surface area contributed by atoms with E-state index in [0.717, 1.165) is 6.04 Å². The lowest BCUT2D eigenvalue weighted by Gasteiger charge is -2.18. The van der Waals surface area contributed by atoms with Crippen molar-refractivity contribution in [1.29, 1.82) is 0 Å². The molecule has 1 atom stereocenters. The zero-order chi connectivity index (χ0) is 14.2. The van der Waals surface area contributed by atoms with Crippen molar-refractivity contribution in [3.8, 4) is 0 Å². The van der Waals surface area contributed by atoms with Crippen molar-refractivity contribution >= 4 is 0 Å². The van der Waals surface area contributed by atoms with Crippen LogP contribution in [0.4, 0.5) is 0 Å². The number of rotatable bonds is 15. The monoisotopic (exact) mass is 269 g/mol. The largest absolute Gasteiger partial charge is 0.314 e. The minimum atomic E-state index is 0.795. The SMILES string of the molecule is CCCCCCCC(CCCC)NCCCCCC. The van der Waals surface area contributed by atoms with Gasteiger partial charge in [-0.3, -0.25) is 0 Å². The van der Waals surface area contributed by atoms with Gasteiger partial charge in [-0.15, -0.1) is 0 Å². The van der Waals surface area contributed by atoms with Crippen LogP contribution < -0.4 is 5.32 Å². The summed E-state index contributed by atoms with van der Waals surface area (Å²) in [6.07, 6.45) is 18.1. The maximum absolute atomic E-state index is 3.80. The lowest BCUT2D eigenvalue weighted by Crippen LogP contribution is -2.30. The van der Waals surface area contributed by atoms with Gasteiger partial charge in [-0.25, -0.2) is 0 Å². The molecular formula is C18H39N. The normalized spacial score (nSPS) is 12.8. The van der Waals surface area contributed by atoms with Gasteiger partial charge in [0.2, 0.25) is 0 Å². The van der Waals surface area contributed by atoms with Crippen LogP contribution in [0.5, 0.6) is 0 Å². The fourth-order valence-corrected chi connectivity index (χ4v) is 2.65. The second kappa shape index (κ2) is 16.0. The second-order valence-electron chi connectivity index (χ2n) is 6.06. The van der Waals surface area contributed by atoms with Gasteiger partial charge in [-0.05, 0) is 25.8 Å². The molecular weight excluding hydrogens is 230 g/mol. The molecule has 0 bridgehead atoms. The number of hydrogen-bond acceptors (Lipinski definition) is 1. The molecule has 1 heteroatoms. The number of nitrogens with one attached hydrogen (secondary N) is 1. The molecule has 1 nitrogen and oxygen atoms in total. The van der Waals surface area contributed by atoms with Crippen LogP contribution in [0.25, 0.3) is 0 Å². The first-order valence-corrected chi connectivity index (χ1v) is 9.08. The van der Waals surface area contributed by atoms with Gasteiger partial charge in [0.25, 0.3) is 0 Å². The lowest BCUT2D eigenvalue weighted by atomic mass is 10.0. The predicted octanol–water partition coefficient (Wildman–Crippen LogP) is 6.08. The summed E-state index contributed by atoms with van der Waals surface area (Å²) in [5.41, 5.74) is 0. The van der Waals surface area contributed by atoms with Gasteiger partial charge in [-0.2, -0.15) is 0 Å². The molecule has 0 aromatic heterocycles. The van der Waals surface area contributed by atoms with Crippen LogP contribution in [0, 0.1) is 0 Å². The van der Waals surface area contributed by atoms with Gasteiger partial charge in [-0.1, -0.05) is 85.0 Å². The average molecular weight is 270 g/mol. The molecule has 0 aliphatic heterocycles. The van der Waals surface area contributed by atoms with E-state index in [2.05, 4.69) is 26.1 Å². The van der Waals surface area contributed by atoms with Crippen LogP contribution in [0.15, 0.2) is 0 Å². The Balaban J connectivity index is 3.57. The highest BCUT2D eigenvalue weighted by Gasteiger charge is 2.06. The van der Waals surface area contributed by atoms with Gasteiger partial charge < -0.3 is 5.32 Å². The molecule has 1 unspecified atom stereocenters. The van der Waals surface area contributed by atoms with E-state index in [1.165, 1.54) is 90.0 Å². The minimum absolute atomic E-state index is 0.795. The Kier molecular flexibility index (Phi) is 16.0. The summed E-state index contributed by atoms with van der Waals surface area (Å²) in [5, 5.41) is 3.80. The van der Waals surface area contributed by atoms with E-state index in [1.54, 1.807) is 0 Å². The molecule has 0 amide bonds. The topological polar surface area (TPSA) is 12.0 Å². The van der Waals surface area contributed by atoms with E-state index in [0.29, 0.717) is 0 Å². The third-order valence-electron chi connectivity index (χ3n) is 4.03. The Morgan fingerprint density at radius 1 is 0.579 bits per heavy atom. The highest BCUT2D eigenvalue weighted by molar-refractivity contribution is 4.67. The van der Waals surface area contributed by atoms with Crippen molar-refractivity contribution in [1.82, 2.24) is 5.32 Å². The molecule has 0 saturated carbocycles. The molecule has 116 valence electrons. The van der Waals surface area contributed by atoms with Crippen LogP contribution >= 0.6 is 0 Å². The Morgan fingerprint density at radius 3 is 1.74 bits per heavy atom. The lowest BCUT2D eigenvalue weighted by molar-refractivity contribution is 0.413. The van der Waals surface area contributed by atoms with Crippen molar-refractivity contribution < 1.29 is 0 Å². The average Bonchev–Trinajstić information content (AvgIpc) is 2.43. The Labute approximate surface area is 122 Å². The van der Waals surface area contributed by atoms with Crippen LogP contribution in [0.2, 0.25) is 0 Å². The van der Waals surface area contributed by atoms with Crippen molar-refractivity contribution in [2.45, 2.75) is 110 Å². The maximum atomic E-state index is 3.80. The molecule has 0 spiro atoms. The highest BCUT2D eigenvalue weighted by Crippen LogP contribution is 2.12. The van der Waals surface area contributed by atoms with Crippen molar-refractivity contribution in [3.63, 3.8) is 0 Å². The molecule has 0 rings (SSSR count). The first-order chi connectivity index (χ1) is 9.35. The van der Waals surface area contributed by atoms with Crippen LogP contribution in [-0.4, -0.2) is 12.6 Å². The van der Waals surface area contributed by atoms with Gasteiger partial charge >= 0.3 is 0 Å². The minimum Gasteiger partial charge on any atom is -0.314 e. The smallest absolute Gasteiger partial charge is 0.00670 e. The number of unbranched alkanes of at least 4 members (excludes halogenated alkanes) is 8. The summed E-state index contributed by atoms with van der Waals surface area (Å²) in [6, 6.07) is 0.795. The maximum Gasteiger partial charge on any atom is 0.00670 e. The molecule has 0 aromatic carbocycles. The molecule has 0 fully saturated rings.